The minimum atomic E-state index is -1.07. The molecule has 0 N–H and O–H groups in total. The first-order valence-corrected chi connectivity index (χ1v) is 2.51. The Balaban J connectivity index is 3.31. The van der Waals surface area contributed by atoms with E-state index in [-0.39, 0.29) is 0 Å². The van der Waals surface area contributed by atoms with E-state index in [1.54, 1.807) is 0 Å². The van der Waals surface area contributed by atoms with Gasteiger partial charge in [0.2, 0.25) is 0 Å². The number of hydrogen-bond acceptors (Lipinski definition) is 0. The Morgan fingerprint density at radius 2 is 1.40 bits per heavy atom. The second-order valence-corrected chi connectivity index (χ2v) is 1.78. The third-order valence-electron chi connectivity index (χ3n) is 1.04. The van der Waals surface area contributed by atoms with Crippen molar-refractivity contribution in [3.8, 4) is 0 Å². The number of benzene rings is 1. The van der Waals surface area contributed by atoms with E-state index in [0.717, 1.165) is 0 Å². The van der Waals surface area contributed by atoms with E-state index in [2.05, 4.69) is 0 Å². The van der Waals surface area contributed by atoms with Gasteiger partial charge in [0.05, 0.1) is 0 Å². The van der Waals surface area contributed by atoms with Crippen LogP contribution >= 0.6 is 0 Å². The number of halogens is 3. The molecule has 0 unspecified atom stereocenters. The lowest BCUT2D eigenvalue weighted by atomic mass is 9.95. The highest BCUT2D eigenvalue weighted by Crippen LogP contribution is 2.01. The summed E-state index contributed by atoms with van der Waals surface area (Å²) < 4.78 is 36.5. The van der Waals surface area contributed by atoms with Gasteiger partial charge in [-0.3, -0.25) is 0 Å². The van der Waals surface area contributed by atoms with Crippen molar-refractivity contribution in [2.45, 2.75) is 0 Å². The monoisotopic (exact) mass is 142 g/mol. The minimum absolute atomic E-state index is 0.526. The molecular weight excluding hydrogens is 140 g/mol. The highest BCUT2D eigenvalue weighted by Gasteiger charge is 2.04. The Hall–Kier alpha value is -0.925. The molecule has 0 atom stereocenters. The van der Waals surface area contributed by atoms with Gasteiger partial charge in [0.1, 0.15) is 25.3 Å². The van der Waals surface area contributed by atoms with Crippen LogP contribution in [0.2, 0.25) is 0 Å². The predicted octanol–water partition coefficient (Wildman–Crippen LogP) is 0.898. The highest BCUT2D eigenvalue weighted by molar-refractivity contribution is 6.32. The Labute approximate surface area is 57.1 Å². The van der Waals surface area contributed by atoms with Gasteiger partial charge in [-0.05, 0) is 5.46 Å². The van der Waals surface area contributed by atoms with Crippen LogP contribution in [0.5, 0.6) is 0 Å². The quantitative estimate of drug-likeness (QED) is 0.472. The van der Waals surface area contributed by atoms with Gasteiger partial charge >= 0.3 is 0 Å². The zero-order chi connectivity index (χ0) is 7.72. The van der Waals surface area contributed by atoms with E-state index in [9.17, 15) is 13.2 Å². The molecule has 2 radical (unpaired) electrons. The zero-order valence-corrected chi connectivity index (χ0v) is 4.87. The van der Waals surface area contributed by atoms with Crippen molar-refractivity contribution in [1.29, 1.82) is 0 Å². The molecule has 0 heterocycles. The van der Waals surface area contributed by atoms with Crippen molar-refractivity contribution in [2.24, 2.45) is 0 Å². The molecule has 1 aromatic rings. The Bertz CT molecular complexity index is 236. The van der Waals surface area contributed by atoms with Gasteiger partial charge in [-0.2, -0.15) is 0 Å². The molecule has 4 heteroatoms. The summed E-state index contributed by atoms with van der Waals surface area (Å²) in [5.41, 5.74) is -0.651. The summed E-state index contributed by atoms with van der Waals surface area (Å²) in [6.07, 6.45) is 0. The average molecular weight is 142 g/mol. The standard InChI is InChI=1S/C6H2BF3/c7-6-4(9)1-3(8)2-5(6)10/h1-2H. The third-order valence-corrected chi connectivity index (χ3v) is 1.04. The minimum Gasteiger partial charge on any atom is -0.207 e. The van der Waals surface area contributed by atoms with E-state index in [4.69, 9.17) is 7.85 Å². The molecular formula is C6H2BF3. The molecule has 0 bridgehead atoms. The molecule has 0 spiro atoms. The molecule has 10 heavy (non-hydrogen) atoms. The summed E-state index contributed by atoms with van der Waals surface area (Å²) >= 11 is 0. The Morgan fingerprint density at radius 3 is 1.80 bits per heavy atom. The molecule has 1 rings (SSSR count). The first-order valence-electron chi connectivity index (χ1n) is 2.51. The summed E-state index contributed by atoms with van der Waals surface area (Å²) in [7, 11) is 4.83. The summed E-state index contributed by atoms with van der Waals surface area (Å²) in [4.78, 5) is 0. The second kappa shape index (κ2) is 2.36. The Kier molecular flexibility index (Phi) is 1.70. The number of rotatable bonds is 0. The fourth-order valence-electron chi connectivity index (χ4n) is 0.553. The lowest BCUT2D eigenvalue weighted by Crippen LogP contribution is -2.13. The topological polar surface area (TPSA) is 0 Å². The first kappa shape index (κ1) is 7.19. The number of hydrogen-bond donors (Lipinski definition) is 0. The molecule has 0 saturated heterocycles. The summed E-state index contributed by atoms with van der Waals surface area (Å²) in [5, 5.41) is 0. The van der Waals surface area contributed by atoms with Crippen LogP contribution in [0.25, 0.3) is 0 Å². The SMILES string of the molecule is [B]c1c(F)cc(F)cc1F. The van der Waals surface area contributed by atoms with Crippen LogP contribution in [0.1, 0.15) is 0 Å². The van der Waals surface area contributed by atoms with Crippen molar-refractivity contribution in [1.82, 2.24) is 0 Å². The molecule has 0 aliphatic rings. The van der Waals surface area contributed by atoms with Crippen LogP contribution in [0.4, 0.5) is 13.2 Å². The van der Waals surface area contributed by atoms with Gasteiger partial charge in [0.25, 0.3) is 0 Å². The van der Waals surface area contributed by atoms with E-state index in [0.29, 0.717) is 12.1 Å². The second-order valence-electron chi connectivity index (χ2n) is 1.78. The predicted molar refractivity (Wildman–Crippen MR) is 31.7 cm³/mol. The van der Waals surface area contributed by atoms with Crippen molar-refractivity contribution >= 4 is 13.3 Å². The molecule has 0 saturated carbocycles. The van der Waals surface area contributed by atoms with Crippen LogP contribution < -0.4 is 5.46 Å². The summed E-state index contributed by atoms with van der Waals surface area (Å²) in [6.45, 7) is 0. The van der Waals surface area contributed by atoms with E-state index in [1.807, 2.05) is 0 Å². The first-order chi connectivity index (χ1) is 4.61. The molecule has 0 nitrogen and oxygen atoms in total. The van der Waals surface area contributed by atoms with Crippen molar-refractivity contribution in [3.05, 3.63) is 29.6 Å². The van der Waals surface area contributed by atoms with Crippen molar-refractivity contribution in [3.63, 3.8) is 0 Å². The van der Waals surface area contributed by atoms with Gasteiger partial charge in [-0.15, -0.1) is 0 Å². The fraction of sp³-hybridized carbons (Fsp3) is 0. The molecule has 0 fully saturated rings. The molecule has 50 valence electrons. The van der Waals surface area contributed by atoms with Gasteiger partial charge in [-0.1, -0.05) is 0 Å². The maximum absolute atomic E-state index is 12.2. The van der Waals surface area contributed by atoms with Gasteiger partial charge in [0, 0.05) is 12.1 Å². The zero-order valence-electron chi connectivity index (χ0n) is 4.87. The lowest BCUT2D eigenvalue weighted by molar-refractivity contribution is 0.553. The highest BCUT2D eigenvalue weighted by atomic mass is 19.1. The van der Waals surface area contributed by atoms with Crippen LogP contribution in [0.15, 0.2) is 12.1 Å². The largest absolute Gasteiger partial charge is 0.207 e. The van der Waals surface area contributed by atoms with Crippen LogP contribution in [-0.2, 0) is 0 Å². The van der Waals surface area contributed by atoms with Crippen LogP contribution in [0, 0.1) is 17.5 Å². The lowest BCUT2D eigenvalue weighted by Gasteiger charge is -1.96. The molecule has 0 amide bonds. The molecule has 0 aliphatic heterocycles. The van der Waals surface area contributed by atoms with Gasteiger partial charge in [0.15, 0.2) is 0 Å². The maximum Gasteiger partial charge on any atom is 0.128 e. The van der Waals surface area contributed by atoms with Crippen LogP contribution in [-0.4, -0.2) is 7.85 Å². The molecule has 0 aromatic heterocycles. The molecule has 1 aromatic carbocycles. The fourth-order valence-corrected chi connectivity index (χ4v) is 0.553. The maximum atomic E-state index is 12.2. The van der Waals surface area contributed by atoms with Crippen molar-refractivity contribution in [2.75, 3.05) is 0 Å². The Morgan fingerprint density at radius 1 is 1.00 bits per heavy atom. The normalized spacial score (nSPS) is 9.90. The van der Waals surface area contributed by atoms with Crippen molar-refractivity contribution < 1.29 is 13.2 Å². The smallest absolute Gasteiger partial charge is 0.128 e. The summed E-state index contributed by atoms with van der Waals surface area (Å²) in [6, 6.07) is 1.05. The van der Waals surface area contributed by atoms with E-state index >= 15 is 0 Å². The van der Waals surface area contributed by atoms with E-state index in [1.165, 1.54) is 0 Å². The van der Waals surface area contributed by atoms with Gasteiger partial charge < -0.3 is 0 Å². The van der Waals surface area contributed by atoms with E-state index < -0.39 is 22.9 Å². The summed E-state index contributed by atoms with van der Waals surface area (Å²) in [5.74, 6) is -3.11. The average Bonchev–Trinajstić information content (AvgIpc) is 1.82. The molecule has 0 aliphatic carbocycles. The van der Waals surface area contributed by atoms with Gasteiger partial charge in [-0.25, -0.2) is 13.2 Å². The third kappa shape index (κ3) is 1.15. The van der Waals surface area contributed by atoms with Crippen LogP contribution in [0.3, 0.4) is 0 Å².